The van der Waals surface area contributed by atoms with Crippen LogP contribution in [0.5, 0.6) is 0 Å². The smallest absolute Gasteiger partial charge is 0.232 e. The van der Waals surface area contributed by atoms with Crippen LogP contribution in [0.3, 0.4) is 0 Å². The van der Waals surface area contributed by atoms with E-state index in [1.165, 1.54) is 6.33 Å². The first-order valence-corrected chi connectivity index (χ1v) is 14.5. The van der Waals surface area contributed by atoms with Crippen molar-refractivity contribution in [2.24, 2.45) is 0 Å². The molecular formula is C34H39N5O2. The summed E-state index contributed by atoms with van der Waals surface area (Å²) in [6, 6.07) is 28.3. The maximum atomic E-state index is 13.4. The fourth-order valence-electron chi connectivity index (χ4n) is 4.77. The number of carbonyl (C=O) groups excluding carboxylic acids is 2. The molecule has 1 aromatic heterocycles. The third kappa shape index (κ3) is 7.78. The minimum absolute atomic E-state index is 0.0195. The average molecular weight is 550 g/mol. The van der Waals surface area contributed by atoms with Crippen LogP contribution in [0.2, 0.25) is 0 Å². The van der Waals surface area contributed by atoms with Gasteiger partial charge in [-0.1, -0.05) is 62.4 Å². The van der Waals surface area contributed by atoms with Gasteiger partial charge in [-0.2, -0.15) is 0 Å². The SMILES string of the molecule is CCCC(=O)NCCN(CC)c1ccc(N(C(=O)CCC)c2cc(-c3cccc(-c4ccccc4)c3)ncn2)cc1. The number of carbonyl (C=O) groups is 2. The lowest BCUT2D eigenvalue weighted by Crippen LogP contribution is -2.34. The molecule has 0 saturated heterocycles. The maximum Gasteiger partial charge on any atom is 0.232 e. The van der Waals surface area contributed by atoms with Crippen LogP contribution >= 0.6 is 0 Å². The molecule has 4 aromatic rings. The molecule has 0 fully saturated rings. The molecule has 7 nitrogen and oxygen atoms in total. The maximum absolute atomic E-state index is 13.4. The standard InChI is InChI=1S/C34H39N5O2/c1-4-11-33(40)35-21-22-38(6-3)29-17-19-30(20-18-29)39(34(41)12-5-2)32-24-31(36-25-37-32)28-16-10-15-27(23-28)26-13-8-7-9-14-26/h7-10,13-20,23-25H,4-6,11-12,21-22H2,1-3H3,(H,35,40). The fourth-order valence-corrected chi connectivity index (χ4v) is 4.77. The number of amides is 2. The predicted octanol–water partition coefficient (Wildman–Crippen LogP) is 7.02. The first-order chi connectivity index (χ1) is 20.0. The Bertz CT molecular complexity index is 1420. The zero-order valence-corrected chi connectivity index (χ0v) is 24.2. The monoisotopic (exact) mass is 549 g/mol. The van der Waals surface area contributed by atoms with Crippen LogP contribution in [-0.2, 0) is 9.59 Å². The molecule has 0 bridgehead atoms. The Labute approximate surface area is 243 Å². The number of nitrogens with zero attached hydrogens (tertiary/aromatic N) is 4. The zero-order chi connectivity index (χ0) is 29.0. The Morgan fingerprint density at radius 2 is 1.41 bits per heavy atom. The van der Waals surface area contributed by atoms with Gasteiger partial charge >= 0.3 is 0 Å². The summed E-state index contributed by atoms with van der Waals surface area (Å²) >= 11 is 0. The van der Waals surface area contributed by atoms with Crippen molar-refractivity contribution in [3.8, 4) is 22.4 Å². The third-order valence-corrected chi connectivity index (χ3v) is 6.90. The van der Waals surface area contributed by atoms with E-state index in [9.17, 15) is 9.59 Å². The van der Waals surface area contributed by atoms with Gasteiger partial charge in [-0.05, 0) is 61.2 Å². The van der Waals surface area contributed by atoms with Gasteiger partial charge in [0.2, 0.25) is 11.8 Å². The van der Waals surface area contributed by atoms with Crippen LogP contribution < -0.4 is 15.1 Å². The van der Waals surface area contributed by atoms with Gasteiger partial charge in [0.15, 0.2) is 0 Å². The summed E-state index contributed by atoms with van der Waals surface area (Å²) in [6.07, 6.45) is 4.05. The van der Waals surface area contributed by atoms with E-state index in [2.05, 4.69) is 51.4 Å². The van der Waals surface area contributed by atoms with Crippen molar-refractivity contribution in [1.29, 1.82) is 0 Å². The van der Waals surface area contributed by atoms with Crippen LogP contribution in [0.15, 0.2) is 91.3 Å². The number of benzene rings is 3. The Morgan fingerprint density at radius 3 is 2.12 bits per heavy atom. The molecule has 41 heavy (non-hydrogen) atoms. The van der Waals surface area contributed by atoms with Gasteiger partial charge in [-0.15, -0.1) is 0 Å². The van der Waals surface area contributed by atoms with E-state index in [4.69, 9.17) is 0 Å². The number of hydrogen-bond donors (Lipinski definition) is 1. The number of hydrogen-bond acceptors (Lipinski definition) is 5. The summed E-state index contributed by atoms with van der Waals surface area (Å²) in [5.41, 5.74) is 5.72. The number of likely N-dealkylation sites (N-methyl/N-ethyl adjacent to an activating group) is 1. The van der Waals surface area contributed by atoms with Gasteiger partial charge < -0.3 is 10.2 Å². The lowest BCUT2D eigenvalue weighted by Gasteiger charge is -2.26. The summed E-state index contributed by atoms with van der Waals surface area (Å²) < 4.78 is 0. The molecule has 0 aliphatic carbocycles. The van der Waals surface area contributed by atoms with Crippen LogP contribution in [0.25, 0.3) is 22.4 Å². The average Bonchev–Trinajstić information content (AvgIpc) is 3.01. The van der Waals surface area contributed by atoms with Crippen molar-refractivity contribution in [3.63, 3.8) is 0 Å². The van der Waals surface area contributed by atoms with Gasteiger partial charge in [-0.25, -0.2) is 9.97 Å². The van der Waals surface area contributed by atoms with Crippen molar-refractivity contribution in [2.75, 3.05) is 29.4 Å². The molecule has 212 valence electrons. The summed E-state index contributed by atoms with van der Waals surface area (Å²) in [5.74, 6) is 0.603. The van der Waals surface area contributed by atoms with Gasteiger partial charge in [0.25, 0.3) is 0 Å². The molecular weight excluding hydrogens is 510 g/mol. The highest BCUT2D eigenvalue weighted by molar-refractivity contribution is 6.00. The molecule has 3 aromatic carbocycles. The van der Waals surface area contributed by atoms with E-state index in [0.717, 1.165) is 53.1 Å². The van der Waals surface area contributed by atoms with Gasteiger partial charge in [0, 0.05) is 49.8 Å². The minimum Gasteiger partial charge on any atom is -0.370 e. The van der Waals surface area contributed by atoms with Crippen molar-refractivity contribution >= 4 is 29.0 Å². The van der Waals surface area contributed by atoms with E-state index in [1.54, 1.807) is 4.90 Å². The van der Waals surface area contributed by atoms with E-state index in [1.807, 2.05) is 74.5 Å². The van der Waals surface area contributed by atoms with E-state index in [0.29, 0.717) is 31.7 Å². The van der Waals surface area contributed by atoms with Gasteiger partial charge in [0.1, 0.15) is 12.1 Å². The second kappa shape index (κ2) is 14.7. The quantitative estimate of drug-likeness (QED) is 0.194. The van der Waals surface area contributed by atoms with Crippen molar-refractivity contribution in [3.05, 3.63) is 91.3 Å². The summed E-state index contributed by atoms with van der Waals surface area (Å²) in [5, 5.41) is 2.98. The highest BCUT2D eigenvalue weighted by atomic mass is 16.2. The predicted molar refractivity (Wildman–Crippen MR) is 167 cm³/mol. The molecule has 1 N–H and O–H groups in total. The molecule has 0 radical (unpaired) electrons. The molecule has 0 atom stereocenters. The number of aromatic nitrogens is 2. The number of nitrogens with one attached hydrogen (secondary N) is 1. The van der Waals surface area contributed by atoms with E-state index < -0.39 is 0 Å². The van der Waals surface area contributed by atoms with Gasteiger partial charge in [-0.3, -0.25) is 14.5 Å². The first kappa shape index (κ1) is 29.5. The normalized spacial score (nSPS) is 10.7. The highest BCUT2D eigenvalue weighted by Gasteiger charge is 2.20. The lowest BCUT2D eigenvalue weighted by atomic mass is 10.0. The lowest BCUT2D eigenvalue weighted by molar-refractivity contribution is -0.121. The van der Waals surface area contributed by atoms with Crippen LogP contribution in [0.1, 0.15) is 46.5 Å². The van der Waals surface area contributed by atoms with Crippen LogP contribution in [0.4, 0.5) is 17.2 Å². The van der Waals surface area contributed by atoms with Crippen LogP contribution in [0, 0.1) is 0 Å². The summed E-state index contributed by atoms with van der Waals surface area (Å²) in [4.78, 5) is 38.2. The van der Waals surface area contributed by atoms with Gasteiger partial charge in [0.05, 0.1) is 11.4 Å². The Kier molecular flexibility index (Phi) is 10.6. The zero-order valence-electron chi connectivity index (χ0n) is 24.2. The first-order valence-electron chi connectivity index (χ1n) is 14.5. The Hall–Kier alpha value is -4.52. The third-order valence-electron chi connectivity index (χ3n) is 6.90. The second-order valence-corrected chi connectivity index (χ2v) is 9.88. The number of anilines is 3. The summed E-state index contributed by atoms with van der Waals surface area (Å²) in [7, 11) is 0. The molecule has 0 aliphatic heterocycles. The van der Waals surface area contributed by atoms with Crippen molar-refractivity contribution in [1.82, 2.24) is 15.3 Å². The molecule has 0 aliphatic rings. The molecule has 0 unspecified atom stereocenters. The van der Waals surface area contributed by atoms with E-state index >= 15 is 0 Å². The van der Waals surface area contributed by atoms with Crippen molar-refractivity contribution in [2.45, 2.75) is 46.5 Å². The molecule has 4 rings (SSSR count). The minimum atomic E-state index is -0.0195. The molecule has 0 saturated carbocycles. The van der Waals surface area contributed by atoms with Crippen LogP contribution in [-0.4, -0.2) is 41.4 Å². The molecule has 7 heteroatoms. The molecule has 1 heterocycles. The van der Waals surface area contributed by atoms with E-state index in [-0.39, 0.29) is 11.8 Å². The Balaban J connectivity index is 1.59. The number of rotatable bonds is 13. The highest BCUT2D eigenvalue weighted by Crippen LogP contribution is 2.31. The molecule has 0 spiro atoms. The summed E-state index contributed by atoms with van der Waals surface area (Å²) in [6.45, 7) is 8.19. The Morgan fingerprint density at radius 1 is 0.732 bits per heavy atom. The molecule has 2 amide bonds. The fraction of sp³-hybridized carbons (Fsp3) is 0.294. The second-order valence-electron chi connectivity index (χ2n) is 9.88. The largest absolute Gasteiger partial charge is 0.370 e. The topological polar surface area (TPSA) is 78.4 Å². The van der Waals surface area contributed by atoms with Crippen molar-refractivity contribution < 1.29 is 9.59 Å².